The van der Waals surface area contributed by atoms with E-state index in [0.717, 1.165) is 38.3 Å². The summed E-state index contributed by atoms with van der Waals surface area (Å²) in [6, 6.07) is 18.3. The number of hydrogen-bond donors (Lipinski definition) is 0. The van der Waals surface area contributed by atoms with Gasteiger partial charge in [0.25, 0.3) is 0 Å². The summed E-state index contributed by atoms with van der Waals surface area (Å²) in [4.78, 5) is 23.5. The molecule has 2 heterocycles. The van der Waals surface area contributed by atoms with Crippen LogP contribution in [0.15, 0.2) is 59.1 Å². The molecule has 4 rings (SSSR count). The van der Waals surface area contributed by atoms with Gasteiger partial charge in [0.1, 0.15) is 0 Å². The van der Waals surface area contributed by atoms with E-state index < -0.39 is 0 Å². The number of hydrogen-bond acceptors (Lipinski definition) is 6. The minimum absolute atomic E-state index is 0.139. The standard InChI is InChI=1S/C24H29N5O2/c1-19-7-6-8-20(15-19)16-28-11-13-29(14-12-28)23(30)18-27(2)17-22-25-24(26-31-22)21-9-4-3-5-10-21/h3-10,15H,11-14,16-18H2,1-2H3. The second-order valence-corrected chi connectivity index (χ2v) is 8.20. The molecule has 0 bridgehead atoms. The van der Waals surface area contributed by atoms with Gasteiger partial charge in [-0.25, -0.2) is 0 Å². The maximum atomic E-state index is 12.7. The fourth-order valence-corrected chi connectivity index (χ4v) is 3.87. The molecule has 1 aromatic heterocycles. The Kier molecular flexibility index (Phi) is 6.74. The Hall–Kier alpha value is -3.03. The molecule has 0 unspecified atom stereocenters. The zero-order chi connectivity index (χ0) is 21.6. The van der Waals surface area contributed by atoms with Gasteiger partial charge in [0, 0.05) is 38.3 Å². The minimum atomic E-state index is 0.139. The second-order valence-electron chi connectivity index (χ2n) is 8.20. The van der Waals surface area contributed by atoms with Crippen LogP contribution in [0.2, 0.25) is 0 Å². The lowest BCUT2D eigenvalue weighted by molar-refractivity contribution is -0.134. The van der Waals surface area contributed by atoms with Crippen LogP contribution in [0.4, 0.5) is 0 Å². The van der Waals surface area contributed by atoms with Crippen LogP contribution in [-0.4, -0.2) is 70.5 Å². The normalized spacial score (nSPS) is 14.9. The van der Waals surface area contributed by atoms with E-state index in [1.54, 1.807) is 0 Å². The molecule has 1 amide bonds. The zero-order valence-electron chi connectivity index (χ0n) is 18.2. The van der Waals surface area contributed by atoms with Gasteiger partial charge in [-0.05, 0) is 19.5 Å². The van der Waals surface area contributed by atoms with Crippen LogP contribution in [0.25, 0.3) is 11.4 Å². The number of aromatic nitrogens is 2. The van der Waals surface area contributed by atoms with Crippen LogP contribution in [-0.2, 0) is 17.9 Å². The first-order valence-electron chi connectivity index (χ1n) is 10.7. The zero-order valence-corrected chi connectivity index (χ0v) is 18.2. The smallest absolute Gasteiger partial charge is 0.241 e. The Balaban J connectivity index is 1.23. The van der Waals surface area contributed by atoms with Gasteiger partial charge in [-0.15, -0.1) is 0 Å². The first-order valence-corrected chi connectivity index (χ1v) is 10.7. The lowest BCUT2D eigenvalue weighted by Crippen LogP contribution is -2.50. The fraction of sp³-hybridized carbons (Fsp3) is 0.375. The van der Waals surface area contributed by atoms with Gasteiger partial charge in [0.2, 0.25) is 17.6 Å². The van der Waals surface area contributed by atoms with Crippen molar-refractivity contribution >= 4 is 5.91 Å². The van der Waals surface area contributed by atoms with Crippen molar-refractivity contribution in [1.29, 1.82) is 0 Å². The van der Waals surface area contributed by atoms with Gasteiger partial charge in [-0.1, -0.05) is 65.3 Å². The second kappa shape index (κ2) is 9.85. The third-order valence-electron chi connectivity index (χ3n) is 5.52. The van der Waals surface area contributed by atoms with E-state index in [1.165, 1.54) is 11.1 Å². The molecule has 2 aromatic carbocycles. The predicted octanol–water partition coefficient (Wildman–Crippen LogP) is 2.82. The van der Waals surface area contributed by atoms with E-state index in [0.29, 0.717) is 24.8 Å². The van der Waals surface area contributed by atoms with Crippen molar-refractivity contribution in [2.45, 2.75) is 20.0 Å². The first-order chi connectivity index (χ1) is 15.1. The number of benzene rings is 2. The number of piperazine rings is 1. The third-order valence-corrected chi connectivity index (χ3v) is 5.52. The first kappa shape index (κ1) is 21.2. The van der Waals surface area contributed by atoms with Crippen LogP contribution in [0.5, 0.6) is 0 Å². The van der Waals surface area contributed by atoms with Crippen molar-refractivity contribution in [1.82, 2.24) is 24.8 Å². The molecule has 0 radical (unpaired) electrons. The highest BCUT2D eigenvalue weighted by molar-refractivity contribution is 5.78. The maximum Gasteiger partial charge on any atom is 0.241 e. The number of aryl methyl sites for hydroxylation is 1. The van der Waals surface area contributed by atoms with Crippen LogP contribution in [0.3, 0.4) is 0 Å². The van der Waals surface area contributed by atoms with E-state index in [2.05, 4.69) is 46.2 Å². The van der Waals surface area contributed by atoms with E-state index in [-0.39, 0.29) is 5.91 Å². The minimum Gasteiger partial charge on any atom is -0.339 e. The summed E-state index contributed by atoms with van der Waals surface area (Å²) in [6.45, 7) is 7.15. The summed E-state index contributed by atoms with van der Waals surface area (Å²) in [5.74, 6) is 1.22. The van der Waals surface area contributed by atoms with E-state index in [1.807, 2.05) is 47.2 Å². The molecule has 31 heavy (non-hydrogen) atoms. The van der Waals surface area contributed by atoms with Crippen molar-refractivity contribution < 1.29 is 9.32 Å². The highest BCUT2D eigenvalue weighted by Crippen LogP contribution is 2.15. The molecule has 1 aliphatic heterocycles. The van der Waals surface area contributed by atoms with Crippen molar-refractivity contribution in [2.75, 3.05) is 39.8 Å². The number of carbonyl (C=O) groups is 1. The topological polar surface area (TPSA) is 65.7 Å². The monoisotopic (exact) mass is 419 g/mol. The van der Waals surface area contributed by atoms with Crippen LogP contribution < -0.4 is 0 Å². The van der Waals surface area contributed by atoms with Gasteiger partial charge in [0.15, 0.2) is 0 Å². The lowest BCUT2D eigenvalue weighted by atomic mass is 10.1. The Labute approximate surface area is 183 Å². The highest BCUT2D eigenvalue weighted by atomic mass is 16.5. The summed E-state index contributed by atoms with van der Waals surface area (Å²) in [7, 11) is 1.90. The molecule has 0 aliphatic carbocycles. The molecule has 0 atom stereocenters. The van der Waals surface area contributed by atoms with Gasteiger partial charge in [-0.3, -0.25) is 14.6 Å². The Bertz CT molecular complexity index is 996. The number of nitrogens with zero attached hydrogens (tertiary/aromatic N) is 5. The average Bonchev–Trinajstić information content (AvgIpc) is 3.23. The van der Waals surface area contributed by atoms with Gasteiger partial charge in [-0.2, -0.15) is 4.98 Å². The van der Waals surface area contributed by atoms with Crippen molar-refractivity contribution in [3.05, 3.63) is 71.6 Å². The summed E-state index contributed by atoms with van der Waals surface area (Å²) in [5, 5.41) is 4.04. The Morgan fingerprint density at radius 3 is 2.58 bits per heavy atom. The maximum absolute atomic E-state index is 12.7. The Morgan fingerprint density at radius 2 is 1.84 bits per heavy atom. The summed E-state index contributed by atoms with van der Waals surface area (Å²) in [5.41, 5.74) is 3.53. The number of amides is 1. The molecule has 7 heteroatoms. The molecule has 1 fully saturated rings. The lowest BCUT2D eigenvalue weighted by Gasteiger charge is -2.35. The molecule has 162 valence electrons. The Morgan fingerprint density at radius 1 is 1.06 bits per heavy atom. The van der Waals surface area contributed by atoms with Crippen LogP contribution in [0.1, 0.15) is 17.0 Å². The SMILES string of the molecule is Cc1cccc(CN2CCN(C(=O)CN(C)Cc3nc(-c4ccccc4)no3)CC2)c1. The summed E-state index contributed by atoms with van der Waals surface area (Å²) < 4.78 is 5.36. The van der Waals surface area contributed by atoms with Gasteiger partial charge >= 0.3 is 0 Å². The molecule has 0 N–H and O–H groups in total. The van der Waals surface area contributed by atoms with Crippen LogP contribution in [0, 0.1) is 6.92 Å². The number of rotatable bonds is 7. The highest BCUT2D eigenvalue weighted by Gasteiger charge is 2.22. The number of likely N-dealkylation sites (N-methyl/N-ethyl adjacent to an activating group) is 1. The van der Waals surface area contributed by atoms with Gasteiger partial charge < -0.3 is 9.42 Å². The molecule has 1 aliphatic rings. The average molecular weight is 420 g/mol. The fourth-order valence-electron chi connectivity index (χ4n) is 3.87. The van der Waals surface area contributed by atoms with Crippen molar-refractivity contribution in [3.63, 3.8) is 0 Å². The summed E-state index contributed by atoms with van der Waals surface area (Å²) in [6.07, 6.45) is 0. The predicted molar refractivity (Wildman–Crippen MR) is 119 cm³/mol. The van der Waals surface area contributed by atoms with E-state index in [9.17, 15) is 4.79 Å². The summed E-state index contributed by atoms with van der Waals surface area (Å²) >= 11 is 0. The molecular formula is C24H29N5O2. The largest absolute Gasteiger partial charge is 0.339 e. The molecule has 3 aromatic rings. The quantitative estimate of drug-likeness (QED) is 0.587. The molecular weight excluding hydrogens is 390 g/mol. The van der Waals surface area contributed by atoms with Crippen molar-refractivity contribution in [2.24, 2.45) is 0 Å². The third kappa shape index (κ3) is 5.77. The molecule has 0 saturated carbocycles. The van der Waals surface area contributed by atoms with E-state index in [4.69, 9.17) is 4.52 Å². The number of carbonyl (C=O) groups excluding carboxylic acids is 1. The van der Waals surface area contributed by atoms with Crippen LogP contribution >= 0.6 is 0 Å². The van der Waals surface area contributed by atoms with Crippen molar-refractivity contribution in [3.8, 4) is 11.4 Å². The molecule has 7 nitrogen and oxygen atoms in total. The molecule has 0 spiro atoms. The molecule has 1 saturated heterocycles. The van der Waals surface area contributed by atoms with E-state index >= 15 is 0 Å². The van der Waals surface area contributed by atoms with Gasteiger partial charge in [0.05, 0.1) is 13.1 Å².